The fraction of sp³-hybridized carbons (Fsp3) is 0.400. The Morgan fingerprint density at radius 1 is 1.48 bits per heavy atom. The number of nitrogens with zero attached hydrogens (tertiary/aromatic N) is 3. The molecule has 1 heterocycles. The van der Waals surface area contributed by atoms with Gasteiger partial charge >= 0.3 is 0 Å². The number of nitrogens with one attached hydrogen (secondary N) is 1. The maximum atomic E-state index is 11.9. The molecule has 112 valence electrons. The first kappa shape index (κ1) is 15.2. The molecule has 21 heavy (non-hydrogen) atoms. The highest BCUT2D eigenvalue weighted by molar-refractivity contribution is 5.90. The summed E-state index contributed by atoms with van der Waals surface area (Å²) in [6.07, 6.45) is 2.98. The predicted molar refractivity (Wildman–Crippen MR) is 81.7 cm³/mol. The van der Waals surface area contributed by atoms with E-state index in [0.717, 1.165) is 16.9 Å². The van der Waals surface area contributed by atoms with Crippen LogP contribution in [0.15, 0.2) is 30.5 Å². The first-order chi connectivity index (χ1) is 10.0. The Hall–Kier alpha value is -2.21. The van der Waals surface area contributed by atoms with E-state index in [4.69, 9.17) is 5.73 Å². The van der Waals surface area contributed by atoms with E-state index >= 15 is 0 Å². The highest BCUT2D eigenvalue weighted by Crippen LogP contribution is 2.10. The van der Waals surface area contributed by atoms with Gasteiger partial charge < -0.3 is 11.1 Å². The van der Waals surface area contributed by atoms with E-state index in [0.29, 0.717) is 19.4 Å². The second-order valence-electron chi connectivity index (χ2n) is 5.22. The zero-order chi connectivity index (χ0) is 15.2. The van der Waals surface area contributed by atoms with Crippen LogP contribution in [0.3, 0.4) is 0 Å². The predicted octanol–water partition coefficient (Wildman–Crippen LogP) is 2.03. The van der Waals surface area contributed by atoms with Gasteiger partial charge in [-0.2, -0.15) is 0 Å². The molecule has 1 amide bonds. The highest BCUT2D eigenvalue weighted by Gasteiger charge is 2.06. The third kappa shape index (κ3) is 4.68. The number of rotatable bonds is 6. The lowest BCUT2D eigenvalue weighted by Gasteiger charge is -2.06. The fourth-order valence-electron chi connectivity index (χ4n) is 1.98. The van der Waals surface area contributed by atoms with Crippen molar-refractivity contribution in [1.82, 2.24) is 15.0 Å². The summed E-state index contributed by atoms with van der Waals surface area (Å²) in [7, 11) is 0. The number of hydrogen-bond donors (Lipinski definition) is 2. The topological polar surface area (TPSA) is 85.8 Å². The molecule has 2 aromatic rings. The Labute approximate surface area is 124 Å². The zero-order valence-electron chi connectivity index (χ0n) is 12.4. The average molecular weight is 287 g/mol. The molecule has 1 atom stereocenters. The van der Waals surface area contributed by atoms with Crippen molar-refractivity contribution in [3.63, 3.8) is 0 Å². The molecule has 0 spiro atoms. The van der Waals surface area contributed by atoms with E-state index in [1.165, 1.54) is 0 Å². The molecule has 6 nitrogen and oxygen atoms in total. The van der Waals surface area contributed by atoms with Crippen molar-refractivity contribution in [1.29, 1.82) is 0 Å². The molecule has 3 N–H and O–H groups in total. The van der Waals surface area contributed by atoms with Crippen LogP contribution in [0.2, 0.25) is 0 Å². The number of benzene rings is 1. The number of hydrogen-bond acceptors (Lipinski definition) is 4. The summed E-state index contributed by atoms with van der Waals surface area (Å²) >= 11 is 0. The molecule has 1 aromatic heterocycles. The Bertz CT molecular complexity index is 606. The second kappa shape index (κ2) is 6.99. The number of carbonyl (C=O) groups excluding carboxylic acids is 1. The van der Waals surface area contributed by atoms with Crippen molar-refractivity contribution in [3.8, 4) is 0 Å². The van der Waals surface area contributed by atoms with Gasteiger partial charge in [0.15, 0.2) is 0 Å². The Morgan fingerprint density at radius 3 is 2.95 bits per heavy atom. The molecule has 0 aliphatic rings. The van der Waals surface area contributed by atoms with Crippen molar-refractivity contribution in [2.24, 2.45) is 5.73 Å². The van der Waals surface area contributed by atoms with E-state index in [9.17, 15) is 4.79 Å². The van der Waals surface area contributed by atoms with Gasteiger partial charge in [0.1, 0.15) is 0 Å². The van der Waals surface area contributed by atoms with Crippen molar-refractivity contribution in [3.05, 3.63) is 41.7 Å². The lowest BCUT2D eigenvalue weighted by molar-refractivity contribution is -0.116. The van der Waals surface area contributed by atoms with Gasteiger partial charge in [0.05, 0.1) is 11.9 Å². The van der Waals surface area contributed by atoms with Crippen LogP contribution < -0.4 is 11.1 Å². The quantitative estimate of drug-likeness (QED) is 0.851. The largest absolute Gasteiger partial charge is 0.326 e. The normalized spacial score (nSPS) is 12.1. The molecule has 0 radical (unpaired) electrons. The number of aryl methyl sites for hydroxylation is 2. The summed E-state index contributed by atoms with van der Waals surface area (Å²) in [6.45, 7) is 4.51. The van der Waals surface area contributed by atoms with Crippen LogP contribution in [-0.4, -0.2) is 20.9 Å². The number of amides is 1. The fourth-order valence-corrected chi connectivity index (χ4v) is 1.98. The summed E-state index contributed by atoms with van der Waals surface area (Å²) in [6, 6.07) is 7.64. The molecular formula is C15H21N5O. The molecule has 1 unspecified atom stereocenters. The molecule has 0 fully saturated rings. The van der Waals surface area contributed by atoms with Crippen molar-refractivity contribution < 1.29 is 4.79 Å². The third-order valence-electron chi connectivity index (χ3n) is 3.12. The number of carbonyl (C=O) groups is 1. The molecule has 2 rings (SSSR count). The third-order valence-corrected chi connectivity index (χ3v) is 3.12. The number of nitrogens with two attached hydrogens (primary N) is 1. The van der Waals surface area contributed by atoms with Crippen LogP contribution in [0.4, 0.5) is 5.69 Å². The summed E-state index contributed by atoms with van der Waals surface area (Å²) in [4.78, 5) is 11.9. The molecule has 1 aromatic carbocycles. The summed E-state index contributed by atoms with van der Waals surface area (Å²) in [5.41, 5.74) is 8.44. The SMILES string of the molecule is Cc1cccc(NC(=O)CCCn2cc(C(C)N)nn2)c1. The van der Waals surface area contributed by atoms with Crippen molar-refractivity contribution in [2.45, 2.75) is 39.3 Å². The van der Waals surface area contributed by atoms with Crippen LogP contribution in [0.5, 0.6) is 0 Å². The standard InChI is InChI=1S/C15H21N5O/c1-11-5-3-6-13(9-11)17-15(21)7-4-8-20-10-14(12(2)16)18-19-20/h3,5-6,9-10,12H,4,7-8,16H2,1-2H3,(H,17,21). The van der Waals surface area contributed by atoms with Gasteiger partial charge in [-0.3, -0.25) is 9.48 Å². The second-order valence-corrected chi connectivity index (χ2v) is 5.22. The Morgan fingerprint density at radius 2 is 2.29 bits per heavy atom. The summed E-state index contributed by atoms with van der Waals surface area (Å²) < 4.78 is 1.72. The van der Waals surface area contributed by atoms with Gasteiger partial charge in [0, 0.05) is 24.7 Å². The first-order valence-electron chi connectivity index (χ1n) is 7.07. The lowest BCUT2D eigenvalue weighted by Crippen LogP contribution is -2.12. The van der Waals surface area contributed by atoms with Gasteiger partial charge in [0.2, 0.25) is 5.91 Å². The number of anilines is 1. The summed E-state index contributed by atoms with van der Waals surface area (Å²) in [5, 5.41) is 10.9. The minimum absolute atomic E-state index is 0.00753. The van der Waals surface area contributed by atoms with Crippen LogP contribution in [0, 0.1) is 6.92 Å². The van der Waals surface area contributed by atoms with Crippen LogP contribution in [0.25, 0.3) is 0 Å². The zero-order valence-corrected chi connectivity index (χ0v) is 12.4. The van der Waals surface area contributed by atoms with E-state index in [-0.39, 0.29) is 11.9 Å². The van der Waals surface area contributed by atoms with Crippen LogP contribution in [0.1, 0.15) is 37.1 Å². The molecular weight excluding hydrogens is 266 g/mol. The molecule has 0 aliphatic carbocycles. The highest BCUT2D eigenvalue weighted by atomic mass is 16.1. The molecule has 6 heteroatoms. The lowest BCUT2D eigenvalue weighted by atomic mass is 10.2. The monoisotopic (exact) mass is 287 g/mol. The number of aromatic nitrogens is 3. The van der Waals surface area contributed by atoms with E-state index in [2.05, 4.69) is 15.6 Å². The minimum atomic E-state index is -0.122. The van der Waals surface area contributed by atoms with Gasteiger partial charge in [-0.25, -0.2) is 0 Å². The first-order valence-corrected chi connectivity index (χ1v) is 7.07. The summed E-state index contributed by atoms with van der Waals surface area (Å²) in [5.74, 6) is 0.00753. The average Bonchev–Trinajstić information content (AvgIpc) is 2.87. The van der Waals surface area contributed by atoms with E-state index < -0.39 is 0 Å². The van der Waals surface area contributed by atoms with Gasteiger partial charge in [-0.15, -0.1) is 5.10 Å². The van der Waals surface area contributed by atoms with Gasteiger partial charge in [-0.05, 0) is 38.0 Å². The smallest absolute Gasteiger partial charge is 0.224 e. The van der Waals surface area contributed by atoms with E-state index in [1.54, 1.807) is 4.68 Å². The molecule has 0 saturated heterocycles. The molecule has 0 bridgehead atoms. The van der Waals surface area contributed by atoms with Crippen LogP contribution in [-0.2, 0) is 11.3 Å². The maximum Gasteiger partial charge on any atom is 0.224 e. The van der Waals surface area contributed by atoms with Crippen molar-refractivity contribution >= 4 is 11.6 Å². The molecule has 0 saturated carbocycles. The Balaban J connectivity index is 1.76. The Kier molecular flexibility index (Phi) is 5.05. The minimum Gasteiger partial charge on any atom is -0.326 e. The van der Waals surface area contributed by atoms with Gasteiger partial charge in [0.25, 0.3) is 0 Å². The van der Waals surface area contributed by atoms with E-state index in [1.807, 2.05) is 44.3 Å². The van der Waals surface area contributed by atoms with Crippen molar-refractivity contribution in [2.75, 3.05) is 5.32 Å². The molecule has 0 aliphatic heterocycles. The van der Waals surface area contributed by atoms with Crippen LogP contribution >= 0.6 is 0 Å². The van der Waals surface area contributed by atoms with Gasteiger partial charge in [-0.1, -0.05) is 17.3 Å². The maximum absolute atomic E-state index is 11.9.